The third kappa shape index (κ3) is 3.39. The first-order valence-electron chi connectivity index (χ1n) is 4.84. The van der Waals surface area contributed by atoms with E-state index in [2.05, 4.69) is 25.0 Å². The maximum Gasteiger partial charge on any atom is 0.0624 e. The third-order valence-electron chi connectivity index (χ3n) is 2.01. The van der Waals surface area contributed by atoms with E-state index in [1.165, 1.54) is 5.69 Å². The average molecular weight is 201 g/mol. The van der Waals surface area contributed by atoms with Gasteiger partial charge < -0.3 is 0 Å². The van der Waals surface area contributed by atoms with Crippen LogP contribution in [0.2, 0.25) is 0 Å². The lowest BCUT2D eigenvalue weighted by atomic mass is 10.2. The van der Waals surface area contributed by atoms with Crippen LogP contribution in [0.4, 0.5) is 0 Å². The van der Waals surface area contributed by atoms with Crippen molar-refractivity contribution in [2.45, 2.75) is 39.2 Å². The Morgan fingerprint density at radius 2 is 2.23 bits per heavy atom. The van der Waals surface area contributed by atoms with Crippen molar-refractivity contribution in [1.82, 2.24) is 9.78 Å². The molecule has 0 saturated carbocycles. The molecule has 0 N–H and O–H groups in total. The van der Waals surface area contributed by atoms with Crippen molar-refractivity contribution in [3.63, 3.8) is 0 Å². The molecule has 2 nitrogen and oxygen atoms in total. The van der Waals surface area contributed by atoms with E-state index in [1.54, 1.807) is 0 Å². The molecule has 0 amide bonds. The van der Waals surface area contributed by atoms with E-state index in [9.17, 15) is 0 Å². The van der Waals surface area contributed by atoms with Crippen LogP contribution in [0.3, 0.4) is 0 Å². The van der Waals surface area contributed by atoms with Gasteiger partial charge in [0, 0.05) is 18.1 Å². The Balaban J connectivity index is 2.40. The maximum absolute atomic E-state index is 5.60. The topological polar surface area (TPSA) is 17.8 Å². The highest BCUT2D eigenvalue weighted by molar-refractivity contribution is 6.17. The Morgan fingerprint density at radius 3 is 2.77 bits per heavy atom. The van der Waals surface area contributed by atoms with Crippen LogP contribution in [0.5, 0.6) is 0 Å². The number of hydrogen-bond acceptors (Lipinski definition) is 1. The van der Waals surface area contributed by atoms with Crippen molar-refractivity contribution < 1.29 is 0 Å². The molecular weight excluding hydrogens is 184 g/mol. The van der Waals surface area contributed by atoms with Crippen LogP contribution in [-0.2, 0) is 6.42 Å². The smallest absolute Gasteiger partial charge is 0.0624 e. The summed E-state index contributed by atoms with van der Waals surface area (Å²) in [6, 6.07) is 2.55. The lowest BCUT2D eigenvalue weighted by molar-refractivity contribution is 0.525. The summed E-state index contributed by atoms with van der Waals surface area (Å²) < 4.78 is 2.00. The summed E-state index contributed by atoms with van der Waals surface area (Å²) in [6.07, 6.45) is 5.31. The predicted octanol–water partition coefficient (Wildman–Crippen LogP) is 3.03. The molecule has 13 heavy (non-hydrogen) atoms. The highest BCUT2D eigenvalue weighted by Crippen LogP contribution is 2.07. The molecule has 3 heteroatoms. The van der Waals surface area contributed by atoms with Crippen LogP contribution in [-0.4, -0.2) is 15.7 Å². The lowest BCUT2D eigenvalue weighted by Crippen LogP contribution is -2.01. The summed E-state index contributed by atoms with van der Waals surface area (Å²) >= 11 is 5.60. The molecule has 0 fully saturated rings. The molecule has 1 heterocycles. The number of aromatic nitrogens is 2. The zero-order valence-electron chi connectivity index (χ0n) is 8.33. The minimum Gasteiger partial charge on any atom is -0.270 e. The van der Waals surface area contributed by atoms with Gasteiger partial charge in [-0.2, -0.15) is 5.10 Å². The Bertz CT molecular complexity index is 243. The highest BCUT2D eigenvalue weighted by Gasteiger charge is 2.00. The fraction of sp³-hybridized carbons (Fsp3) is 0.700. The van der Waals surface area contributed by atoms with Crippen LogP contribution in [0.25, 0.3) is 0 Å². The molecule has 0 aliphatic heterocycles. The van der Waals surface area contributed by atoms with E-state index in [1.807, 2.05) is 10.9 Å². The van der Waals surface area contributed by atoms with Crippen LogP contribution in [0, 0.1) is 0 Å². The molecule has 0 unspecified atom stereocenters. The summed E-state index contributed by atoms with van der Waals surface area (Å²) in [6.45, 7) is 4.27. The SMILES string of the molecule is CC(C)n1ccc(CCCCCl)n1. The first kappa shape index (κ1) is 10.6. The second-order valence-corrected chi connectivity index (χ2v) is 3.90. The zero-order chi connectivity index (χ0) is 9.68. The molecule has 0 radical (unpaired) electrons. The van der Waals surface area contributed by atoms with Gasteiger partial charge in [0.05, 0.1) is 5.69 Å². The third-order valence-corrected chi connectivity index (χ3v) is 2.28. The van der Waals surface area contributed by atoms with E-state index in [-0.39, 0.29) is 0 Å². The number of rotatable bonds is 5. The highest BCUT2D eigenvalue weighted by atomic mass is 35.5. The Morgan fingerprint density at radius 1 is 1.46 bits per heavy atom. The Hall–Kier alpha value is -0.500. The molecular formula is C10H17ClN2. The summed E-state index contributed by atoms with van der Waals surface area (Å²) in [7, 11) is 0. The van der Waals surface area contributed by atoms with Gasteiger partial charge >= 0.3 is 0 Å². The quantitative estimate of drug-likeness (QED) is 0.528. The summed E-state index contributed by atoms with van der Waals surface area (Å²) in [4.78, 5) is 0. The van der Waals surface area contributed by atoms with Gasteiger partial charge in [-0.05, 0) is 39.2 Å². The molecule has 74 valence electrons. The normalized spacial score (nSPS) is 11.1. The fourth-order valence-corrected chi connectivity index (χ4v) is 1.39. The van der Waals surface area contributed by atoms with Gasteiger partial charge in [0.25, 0.3) is 0 Å². The molecule has 0 spiro atoms. The second-order valence-electron chi connectivity index (χ2n) is 3.53. The van der Waals surface area contributed by atoms with Crippen molar-refractivity contribution in [2.75, 3.05) is 5.88 Å². The summed E-state index contributed by atoms with van der Waals surface area (Å²) in [5.74, 6) is 0.755. The van der Waals surface area contributed by atoms with Crippen LogP contribution >= 0.6 is 11.6 Å². The number of halogens is 1. The van der Waals surface area contributed by atoms with Gasteiger partial charge in [0.2, 0.25) is 0 Å². The van der Waals surface area contributed by atoms with Gasteiger partial charge in [-0.15, -0.1) is 11.6 Å². The van der Waals surface area contributed by atoms with Gasteiger partial charge in [-0.25, -0.2) is 0 Å². The minimum absolute atomic E-state index is 0.460. The Labute approximate surface area is 84.9 Å². The molecule has 1 aromatic heterocycles. The molecule has 0 aliphatic carbocycles. The van der Waals surface area contributed by atoms with E-state index < -0.39 is 0 Å². The van der Waals surface area contributed by atoms with E-state index in [4.69, 9.17) is 11.6 Å². The van der Waals surface area contributed by atoms with Gasteiger partial charge in [-0.3, -0.25) is 4.68 Å². The number of aryl methyl sites for hydroxylation is 1. The molecule has 0 aromatic carbocycles. The number of nitrogens with zero attached hydrogens (tertiary/aromatic N) is 2. The molecule has 0 atom stereocenters. The second kappa shape index (κ2) is 5.28. The van der Waals surface area contributed by atoms with Crippen molar-refractivity contribution in [2.24, 2.45) is 0 Å². The van der Waals surface area contributed by atoms with Gasteiger partial charge in [0.1, 0.15) is 0 Å². The van der Waals surface area contributed by atoms with E-state index in [0.717, 1.165) is 25.1 Å². The molecule has 0 saturated heterocycles. The average Bonchev–Trinajstić information content (AvgIpc) is 2.53. The van der Waals surface area contributed by atoms with Crippen molar-refractivity contribution in [3.8, 4) is 0 Å². The lowest BCUT2D eigenvalue weighted by Gasteiger charge is -2.03. The molecule has 1 rings (SSSR count). The first-order valence-corrected chi connectivity index (χ1v) is 5.37. The number of unbranched alkanes of at least 4 members (excludes halogenated alkanes) is 1. The van der Waals surface area contributed by atoms with Gasteiger partial charge in [-0.1, -0.05) is 0 Å². The summed E-state index contributed by atoms with van der Waals surface area (Å²) in [5, 5.41) is 4.46. The number of alkyl halides is 1. The summed E-state index contributed by atoms with van der Waals surface area (Å²) in [5.41, 5.74) is 1.18. The number of hydrogen-bond donors (Lipinski definition) is 0. The molecule has 1 aromatic rings. The molecule has 0 bridgehead atoms. The van der Waals surface area contributed by atoms with Crippen molar-refractivity contribution in [3.05, 3.63) is 18.0 Å². The maximum atomic E-state index is 5.60. The van der Waals surface area contributed by atoms with Crippen LogP contribution in [0.15, 0.2) is 12.3 Å². The molecule has 0 aliphatic rings. The monoisotopic (exact) mass is 200 g/mol. The first-order chi connectivity index (χ1) is 6.24. The fourth-order valence-electron chi connectivity index (χ4n) is 1.20. The Kier molecular flexibility index (Phi) is 4.29. The van der Waals surface area contributed by atoms with Crippen LogP contribution < -0.4 is 0 Å². The van der Waals surface area contributed by atoms with E-state index in [0.29, 0.717) is 6.04 Å². The zero-order valence-corrected chi connectivity index (χ0v) is 9.09. The predicted molar refractivity (Wildman–Crippen MR) is 56.3 cm³/mol. The van der Waals surface area contributed by atoms with Gasteiger partial charge in [0.15, 0.2) is 0 Å². The van der Waals surface area contributed by atoms with Crippen LogP contribution in [0.1, 0.15) is 38.4 Å². The largest absolute Gasteiger partial charge is 0.270 e. The van der Waals surface area contributed by atoms with E-state index >= 15 is 0 Å². The van der Waals surface area contributed by atoms with Crippen molar-refractivity contribution >= 4 is 11.6 Å². The standard InChI is InChI=1S/C10H17ClN2/c1-9(2)13-8-6-10(12-13)5-3-4-7-11/h6,8-9H,3-5,7H2,1-2H3. The van der Waals surface area contributed by atoms with Crippen molar-refractivity contribution in [1.29, 1.82) is 0 Å². The minimum atomic E-state index is 0.460.